The average molecular weight is 326 g/mol. The molecule has 1 amide bonds. The normalized spacial score (nSPS) is 13.8. The molecular formula is C17H14N2O3S. The number of rotatable bonds is 3. The molecule has 6 heteroatoms. The molecule has 0 saturated heterocycles. The molecule has 1 aliphatic heterocycles. The highest BCUT2D eigenvalue weighted by atomic mass is 32.2. The van der Waals surface area contributed by atoms with Crippen molar-refractivity contribution in [1.29, 1.82) is 0 Å². The molecule has 2 aromatic carbocycles. The number of para-hydroxylation sites is 2. The van der Waals surface area contributed by atoms with Crippen LogP contribution in [-0.2, 0) is 4.79 Å². The summed E-state index contributed by atoms with van der Waals surface area (Å²) in [5.41, 5.74) is 1.30. The highest BCUT2D eigenvalue weighted by molar-refractivity contribution is 7.99. The quantitative estimate of drug-likeness (QED) is 0.489. The van der Waals surface area contributed by atoms with Gasteiger partial charge >= 0.3 is 0 Å². The van der Waals surface area contributed by atoms with E-state index in [-0.39, 0.29) is 11.6 Å². The molecule has 0 bridgehead atoms. The van der Waals surface area contributed by atoms with Gasteiger partial charge in [-0.2, -0.15) is 0 Å². The van der Waals surface area contributed by atoms with Crippen LogP contribution in [0.25, 0.3) is 6.08 Å². The molecular weight excluding hydrogens is 312 g/mol. The van der Waals surface area contributed by atoms with E-state index in [9.17, 15) is 14.9 Å². The van der Waals surface area contributed by atoms with Gasteiger partial charge in [-0.1, -0.05) is 24.3 Å². The average Bonchev–Trinajstić information content (AvgIpc) is 2.59. The standard InChI is InChI=1S/C17H14N2O3S/c20-17(10-9-13-5-1-2-6-14(13)19(21)22)18-11-12-23-16-8-4-3-7-15(16)18/h1-10H,11-12H2/b10-9+. The smallest absolute Gasteiger partial charge is 0.276 e. The number of anilines is 1. The summed E-state index contributed by atoms with van der Waals surface area (Å²) in [5, 5.41) is 11.0. The second-order valence-corrected chi connectivity index (χ2v) is 6.09. The van der Waals surface area contributed by atoms with Crippen LogP contribution in [-0.4, -0.2) is 23.1 Å². The van der Waals surface area contributed by atoms with Crippen LogP contribution in [0.3, 0.4) is 0 Å². The van der Waals surface area contributed by atoms with Gasteiger partial charge < -0.3 is 4.90 Å². The molecule has 0 N–H and O–H groups in total. The van der Waals surface area contributed by atoms with Crippen LogP contribution in [0.5, 0.6) is 0 Å². The van der Waals surface area contributed by atoms with Crippen molar-refractivity contribution in [3.05, 3.63) is 70.3 Å². The van der Waals surface area contributed by atoms with E-state index >= 15 is 0 Å². The van der Waals surface area contributed by atoms with Crippen LogP contribution in [0, 0.1) is 10.1 Å². The van der Waals surface area contributed by atoms with Gasteiger partial charge in [0, 0.05) is 29.3 Å². The number of nitrogens with zero attached hydrogens (tertiary/aromatic N) is 2. The summed E-state index contributed by atoms with van der Waals surface area (Å²) in [6.07, 6.45) is 2.90. The second kappa shape index (κ2) is 6.66. The van der Waals surface area contributed by atoms with Crippen LogP contribution in [0.2, 0.25) is 0 Å². The van der Waals surface area contributed by atoms with Crippen molar-refractivity contribution in [3.8, 4) is 0 Å². The highest BCUT2D eigenvalue weighted by Crippen LogP contribution is 2.34. The molecule has 116 valence electrons. The minimum absolute atomic E-state index is 0.00819. The van der Waals surface area contributed by atoms with E-state index < -0.39 is 4.92 Å². The summed E-state index contributed by atoms with van der Waals surface area (Å²) in [6.45, 7) is 0.627. The fourth-order valence-electron chi connectivity index (χ4n) is 2.44. The van der Waals surface area contributed by atoms with Crippen molar-refractivity contribution in [2.45, 2.75) is 4.90 Å². The Bertz CT molecular complexity index is 789. The molecule has 23 heavy (non-hydrogen) atoms. The molecule has 0 spiro atoms. The van der Waals surface area contributed by atoms with E-state index in [2.05, 4.69) is 0 Å². The molecule has 0 unspecified atom stereocenters. The van der Waals surface area contributed by atoms with Gasteiger partial charge in [0.05, 0.1) is 16.2 Å². The predicted octanol–water partition coefficient (Wildman–Crippen LogP) is 3.75. The van der Waals surface area contributed by atoms with Crippen LogP contribution in [0.15, 0.2) is 59.5 Å². The Morgan fingerprint density at radius 2 is 1.91 bits per heavy atom. The monoisotopic (exact) mass is 326 g/mol. The third-order valence-electron chi connectivity index (χ3n) is 3.53. The van der Waals surface area contributed by atoms with Crippen LogP contribution in [0.4, 0.5) is 11.4 Å². The summed E-state index contributed by atoms with van der Waals surface area (Å²) in [5.74, 6) is 0.665. The molecule has 0 fully saturated rings. The number of fused-ring (bicyclic) bond motifs is 1. The fraction of sp³-hybridized carbons (Fsp3) is 0.118. The Labute approximate surface area is 137 Å². The molecule has 5 nitrogen and oxygen atoms in total. The van der Waals surface area contributed by atoms with Gasteiger partial charge in [0.25, 0.3) is 11.6 Å². The van der Waals surface area contributed by atoms with Crippen LogP contribution >= 0.6 is 11.8 Å². The van der Waals surface area contributed by atoms with Gasteiger partial charge in [0.15, 0.2) is 0 Å². The Morgan fingerprint density at radius 3 is 2.74 bits per heavy atom. The van der Waals surface area contributed by atoms with Crippen LogP contribution in [0.1, 0.15) is 5.56 Å². The maximum Gasteiger partial charge on any atom is 0.276 e. The summed E-state index contributed by atoms with van der Waals surface area (Å²) < 4.78 is 0. The summed E-state index contributed by atoms with van der Waals surface area (Å²) >= 11 is 1.72. The van der Waals surface area contributed by atoms with Crippen molar-refractivity contribution in [2.24, 2.45) is 0 Å². The molecule has 3 rings (SSSR count). The predicted molar refractivity (Wildman–Crippen MR) is 91.6 cm³/mol. The SMILES string of the molecule is O=C(/C=C/c1ccccc1[N+](=O)[O-])N1CCSc2ccccc21. The van der Waals surface area contributed by atoms with Crippen LogP contribution < -0.4 is 4.90 Å². The minimum atomic E-state index is -0.447. The van der Waals surface area contributed by atoms with Gasteiger partial charge in [-0.05, 0) is 24.3 Å². The van der Waals surface area contributed by atoms with Crippen molar-refractivity contribution in [1.82, 2.24) is 0 Å². The van der Waals surface area contributed by atoms with Gasteiger partial charge in [-0.3, -0.25) is 14.9 Å². The van der Waals surface area contributed by atoms with E-state index in [1.807, 2.05) is 24.3 Å². The summed E-state index contributed by atoms with van der Waals surface area (Å²) in [4.78, 5) is 25.8. The van der Waals surface area contributed by atoms with Gasteiger partial charge in [-0.15, -0.1) is 11.8 Å². The summed E-state index contributed by atoms with van der Waals surface area (Å²) in [6, 6.07) is 14.1. The first-order valence-electron chi connectivity index (χ1n) is 7.11. The minimum Gasteiger partial charge on any atom is -0.307 e. The molecule has 0 radical (unpaired) electrons. The highest BCUT2D eigenvalue weighted by Gasteiger charge is 2.21. The number of carbonyl (C=O) groups excluding carboxylic acids is 1. The summed E-state index contributed by atoms with van der Waals surface area (Å²) in [7, 11) is 0. The molecule has 1 heterocycles. The Hall–Kier alpha value is -2.60. The Balaban J connectivity index is 1.85. The zero-order valence-corrected chi connectivity index (χ0v) is 13.0. The molecule has 1 aliphatic rings. The second-order valence-electron chi connectivity index (χ2n) is 4.96. The molecule has 0 aromatic heterocycles. The lowest BCUT2D eigenvalue weighted by atomic mass is 10.1. The third kappa shape index (κ3) is 3.27. The van der Waals surface area contributed by atoms with E-state index in [1.54, 1.807) is 34.9 Å². The maximum atomic E-state index is 12.5. The Kier molecular flexibility index (Phi) is 4.43. The topological polar surface area (TPSA) is 63.4 Å². The lowest BCUT2D eigenvalue weighted by Crippen LogP contribution is -2.34. The first-order valence-corrected chi connectivity index (χ1v) is 8.10. The third-order valence-corrected chi connectivity index (χ3v) is 4.58. The van der Waals surface area contributed by atoms with Crippen molar-refractivity contribution in [3.63, 3.8) is 0 Å². The number of amides is 1. The van der Waals surface area contributed by atoms with Gasteiger partial charge in [0.1, 0.15) is 0 Å². The molecule has 0 aliphatic carbocycles. The van der Waals surface area contributed by atoms with E-state index in [1.165, 1.54) is 18.2 Å². The largest absolute Gasteiger partial charge is 0.307 e. The molecule has 0 saturated carbocycles. The fourth-order valence-corrected chi connectivity index (χ4v) is 3.44. The number of nitro groups is 1. The maximum absolute atomic E-state index is 12.5. The van der Waals surface area contributed by atoms with E-state index in [0.717, 1.165) is 16.3 Å². The zero-order valence-electron chi connectivity index (χ0n) is 12.2. The van der Waals surface area contributed by atoms with Crippen molar-refractivity contribution >= 4 is 35.1 Å². The first kappa shape index (κ1) is 15.3. The lowest BCUT2D eigenvalue weighted by Gasteiger charge is -2.27. The van der Waals surface area contributed by atoms with E-state index in [4.69, 9.17) is 0 Å². The molecule has 2 aromatic rings. The van der Waals surface area contributed by atoms with E-state index in [0.29, 0.717) is 12.1 Å². The number of hydrogen-bond acceptors (Lipinski definition) is 4. The molecule has 0 atom stereocenters. The lowest BCUT2D eigenvalue weighted by molar-refractivity contribution is -0.385. The zero-order chi connectivity index (χ0) is 16.2. The number of carbonyl (C=O) groups is 1. The number of nitro benzene ring substituents is 1. The Morgan fingerprint density at radius 1 is 1.17 bits per heavy atom. The van der Waals surface area contributed by atoms with Gasteiger partial charge in [0.2, 0.25) is 0 Å². The number of benzene rings is 2. The van der Waals surface area contributed by atoms with Crippen molar-refractivity contribution < 1.29 is 9.72 Å². The first-order chi connectivity index (χ1) is 11.2. The van der Waals surface area contributed by atoms with Crippen molar-refractivity contribution in [2.75, 3.05) is 17.2 Å². The number of thioether (sulfide) groups is 1. The van der Waals surface area contributed by atoms with Gasteiger partial charge in [-0.25, -0.2) is 0 Å². The number of hydrogen-bond donors (Lipinski definition) is 0.